The predicted molar refractivity (Wildman–Crippen MR) is 76.9 cm³/mol. The first kappa shape index (κ1) is 13.0. The third-order valence-electron chi connectivity index (χ3n) is 3.49. The maximum absolute atomic E-state index is 3.67. The number of hydrogen-bond acceptors (Lipinski definition) is 2. The Kier molecular flexibility index (Phi) is 4.93. The van der Waals surface area contributed by atoms with Crippen LogP contribution in [0.3, 0.4) is 0 Å². The third-order valence-corrected chi connectivity index (χ3v) is 4.65. The molecule has 0 unspecified atom stereocenters. The molecule has 0 radical (unpaired) electrons. The van der Waals surface area contributed by atoms with E-state index >= 15 is 0 Å². The minimum atomic E-state index is 0.800. The number of thioether (sulfide) groups is 1. The lowest BCUT2D eigenvalue weighted by molar-refractivity contribution is 0.545. The van der Waals surface area contributed by atoms with E-state index in [4.69, 9.17) is 0 Å². The highest BCUT2D eigenvalue weighted by Crippen LogP contribution is 2.23. The van der Waals surface area contributed by atoms with Crippen molar-refractivity contribution in [3.8, 4) is 0 Å². The molecule has 0 aliphatic heterocycles. The molecule has 1 nitrogen and oxygen atoms in total. The maximum atomic E-state index is 3.67. The summed E-state index contributed by atoms with van der Waals surface area (Å²) in [6.45, 7) is 5.51. The van der Waals surface area contributed by atoms with Gasteiger partial charge in [-0.1, -0.05) is 30.5 Å². The van der Waals surface area contributed by atoms with Gasteiger partial charge in [0.1, 0.15) is 0 Å². The van der Waals surface area contributed by atoms with Crippen LogP contribution < -0.4 is 5.32 Å². The van der Waals surface area contributed by atoms with Crippen LogP contribution in [0.4, 0.5) is 0 Å². The first-order valence-corrected chi connectivity index (χ1v) is 7.68. The first-order valence-electron chi connectivity index (χ1n) is 6.69. The van der Waals surface area contributed by atoms with Crippen LogP contribution in [0.25, 0.3) is 0 Å². The van der Waals surface area contributed by atoms with Crippen LogP contribution in [0.2, 0.25) is 0 Å². The number of hydrogen-bond donors (Lipinski definition) is 1. The van der Waals surface area contributed by atoms with Gasteiger partial charge in [-0.05, 0) is 38.3 Å². The van der Waals surface area contributed by atoms with Gasteiger partial charge in [0, 0.05) is 23.2 Å². The Balaban J connectivity index is 1.72. The molecule has 2 heteroatoms. The van der Waals surface area contributed by atoms with Crippen molar-refractivity contribution in [1.29, 1.82) is 0 Å². The van der Waals surface area contributed by atoms with Crippen LogP contribution in [0.5, 0.6) is 0 Å². The fourth-order valence-electron chi connectivity index (χ4n) is 2.42. The van der Waals surface area contributed by atoms with Gasteiger partial charge in [-0.2, -0.15) is 0 Å². The second kappa shape index (κ2) is 6.46. The Labute approximate surface area is 109 Å². The topological polar surface area (TPSA) is 12.0 Å². The standard InChI is InChI=1S/C15H23NS/c1-12-7-8-13(2)15(11-12)17-10-9-16-14-5-3-4-6-14/h7-8,11,14,16H,3-6,9-10H2,1-2H3. The molecule has 1 fully saturated rings. The highest BCUT2D eigenvalue weighted by molar-refractivity contribution is 7.99. The Hall–Kier alpha value is -0.470. The molecule has 17 heavy (non-hydrogen) atoms. The number of rotatable bonds is 5. The molecule has 1 aromatic carbocycles. The fourth-order valence-corrected chi connectivity index (χ4v) is 3.42. The summed E-state index contributed by atoms with van der Waals surface area (Å²) in [7, 11) is 0. The summed E-state index contributed by atoms with van der Waals surface area (Å²) in [6.07, 6.45) is 5.60. The normalized spacial score (nSPS) is 16.6. The molecule has 1 N–H and O–H groups in total. The molecule has 0 amide bonds. The van der Waals surface area contributed by atoms with E-state index in [9.17, 15) is 0 Å². The quantitative estimate of drug-likeness (QED) is 0.627. The van der Waals surface area contributed by atoms with E-state index in [0.717, 1.165) is 12.6 Å². The summed E-state index contributed by atoms with van der Waals surface area (Å²) in [4.78, 5) is 1.44. The molecule has 0 bridgehead atoms. The second-order valence-corrected chi connectivity index (χ2v) is 6.19. The average molecular weight is 249 g/mol. The van der Waals surface area contributed by atoms with Crippen molar-refractivity contribution in [2.24, 2.45) is 0 Å². The van der Waals surface area contributed by atoms with Gasteiger partial charge in [0.15, 0.2) is 0 Å². The van der Waals surface area contributed by atoms with E-state index in [1.807, 2.05) is 11.8 Å². The zero-order valence-electron chi connectivity index (χ0n) is 11.0. The monoisotopic (exact) mass is 249 g/mol. The van der Waals surface area contributed by atoms with E-state index in [2.05, 4.69) is 37.4 Å². The molecule has 0 aromatic heterocycles. The van der Waals surface area contributed by atoms with E-state index < -0.39 is 0 Å². The average Bonchev–Trinajstić information content (AvgIpc) is 2.82. The summed E-state index contributed by atoms with van der Waals surface area (Å²) in [5.74, 6) is 1.18. The molecule has 0 heterocycles. The lowest BCUT2D eigenvalue weighted by Gasteiger charge is -2.12. The van der Waals surface area contributed by atoms with Crippen LogP contribution in [0.1, 0.15) is 36.8 Å². The van der Waals surface area contributed by atoms with Crippen LogP contribution >= 0.6 is 11.8 Å². The Morgan fingerprint density at radius 2 is 2.00 bits per heavy atom. The molecular formula is C15H23NS. The van der Waals surface area contributed by atoms with E-state index in [1.54, 1.807) is 0 Å². The smallest absolute Gasteiger partial charge is 0.0106 e. The number of nitrogens with one attached hydrogen (secondary N) is 1. The third kappa shape index (κ3) is 4.04. The molecule has 0 spiro atoms. The van der Waals surface area contributed by atoms with Crippen molar-refractivity contribution in [1.82, 2.24) is 5.32 Å². The predicted octanol–water partition coefficient (Wildman–Crippen LogP) is 3.93. The first-order chi connectivity index (χ1) is 8.25. The zero-order chi connectivity index (χ0) is 12.1. The largest absolute Gasteiger partial charge is 0.313 e. The van der Waals surface area contributed by atoms with Crippen LogP contribution in [0.15, 0.2) is 23.1 Å². The summed E-state index contributed by atoms with van der Waals surface area (Å²) in [5, 5.41) is 3.67. The van der Waals surface area contributed by atoms with Crippen molar-refractivity contribution in [2.75, 3.05) is 12.3 Å². The second-order valence-electron chi connectivity index (χ2n) is 5.05. The number of benzene rings is 1. The van der Waals surface area contributed by atoms with E-state index in [1.165, 1.54) is 47.5 Å². The molecular weight excluding hydrogens is 226 g/mol. The van der Waals surface area contributed by atoms with E-state index in [-0.39, 0.29) is 0 Å². The van der Waals surface area contributed by atoms with Crippen molar-refractivity contribution in [3.63, 3.8) is 0 Å². The lowest BCUT2D eigenvalue weighted by atomic mass is 10.2. The van der Waals surface area contributed by atoms with E-state index in [0.29, 0.717) is 0 Å². The molecule has 0 saturated heterocycles. The van der Waals surface area contributed by atoms with Gasteiger partial charge < -0.3 is 5.32 Å². The molecule has 1 aliphatic carbocycles. The number of aryl methyl sites for hydroxylation is 2. The highest BCUT2D eigenvalue weighted by Gasteiger charge is 2.13. The van der Waals surface area contributed by atoms with Gasteiger partial charge in [-0.3, -0.25) is 0 Å². The molecule has 94 valence electrons. The van der Waals surface area contributed by atoms with Crippen LogP contribution in [-0.4, -0.2) is 18.3 Å². The summed E-state index contributed by atoms with van der Waals surface area (Å²) in [5.41, 5.74) is 2.77. The van der Waals surface area contributed by atoms with Gasteiger partial charge in [-0.15, -0.1) is 11.8 Å². The van der Waals surface area contributed by atoms with Gasteiger partial charge >= 0.3 is 0 Å². The minimum Gasteiger partial charge on any atom is -0.313 e. The van der Waals surface area contributed by atoms with Crippen molar-refractivity contribution in [2.45, 2.75) is 50.5 Å². The Bertz CT molecular complexity index is 356. The molecule has 0 atom stereocenters. The summed E-state index contributed by atoms with van der Waals surface area (Å²) < 4.78 is 0. The van der Waals surface area contributed by atoms with Gasteiger partial charge in [-0.25, -0.2) is 0 Å². The van der Waals surface area contributed by atoms with Crippen LogP contribution in [-0.2, 0) is 0 Å². The Morgan fingerprint density at radius 1 is 1.24 bits per heavy atom. The van der Waals surface area contributed by atoms with Crippen LogP contribution in [0, 0.1) is 13.8 Å². The lowest BCUT2D eigenvalue weighted by Crippen LogP contribution is -2.28. The molecule has 1 saturated carbocycles. The maximum Gasteiger partial charge on any atom is 0.0106 e. The molecule has 1 aliphatic rings. The van der Waals surface area contributed by atoms with Crippen molar-refractivity contribution >= 4 is 11.8 Å². The summed E-state index contributed by atoms with van der Waals surface area (Å²) >= 11 is 1.98. The molecule has 2 rings (SSSR count). The minimum absolute atomic E-state index is 0.800. The van der Waals surface area contributed by atoms with Crippen molar-refractivity contribution in [3.05, 3.63) is 29.3 Å². The highest BCUT2D eigenvalue weighted by atomic mass is 32.2. The zero-order valence-corrected chi connectivity index (χ0v) is 11.8. The fraction of sp³-hybridized carbons (Fsp3) is 0.600. The Morgan fingerprint density at radius 3 is 2.76 bits per heavy atom. The van der Waals surface area contributed by atoms with Gasteiger partial charge in [0.2, 0.25) is 0 Å². The molecule has 1 aromatic rings. The SMILES string of the molecule is Cc1ccc(C)c(SCCNC2CCCC2)c1. The summed E-state index contributed by atoms with van der Waals surface area (Å²) in [6, 6.07) is 7.52. The van der Waals surface area contributed by atoms with Gasteiger partial charge in [0.25, 0.3) is 0 Å². The van der Waals surface area contributed by atoms with Crippen molar-refractivity contribution < 1.29 is 0 Å². The van der Waals surface area contributed by atoms with Gasteiger partial charge in [0.05, 0.1) is 0 Å².